The first-order valence-electron chi connectivity index (χ1n) is 9.71. The molecule has 0 spiro atoms. The Hall–Kier alpha value is -2.50. The fourth-order valence-corrected chi connectivity index (χ4v) is 2.22. The number of ether oxygens (including phenoxy) is 2. The van der Waals surface area contributed by atoms with Crippen molar-refractivity contribution < 1.29 is 35.0 Å². The lowest BCUT2D eigenvalue weighted by Crippen LogP contribution is -2.43. The number of hydrogen-bond acceptors (Lipinski definition) is 9. The smallest absolute Gasteiger partial charge is 0.210 e. The Bertz CT molecular complexity index is 730. The molecule has 0 saturated carbocycles. The summed E-state index contributed by atoms with van der Waals surface area (Å²) >= 11 is 0. The van der Waals surface area contributed by atoms with Crippen LogP contribution >= 0.6 is 0 Å². The summed E-state index contributed by atoms with van der Waals surface area (Å²) in [6, 6.07) is 12.6. The number of nitrogens with two attached hydrogens (primary N) is 2. The maximum atomic E-state index is 9.21. The number of aliphatic hydroxyl groups excluding tert-OH is 2. The quantitative estimate of drug-likeness (QED) is 0.249. The van der Waals surface area contributed by atoms with Crippen LogP contribution in [0.1, 0.15) is 29.9 Å². The van der Waals surface area contributed by atoms with E-state index in [-0.39, 0.29) is 13.2 Å². The van der Waals surface area contributed by atoms with Crippen LogP contribution in [0.3, 0.4) is 0 Å². The zero-order valence-corrected chi connectivity index (χ0v) is 19.2. The van der Waals surface area contributed by atoms with Gasteiger partial charge in [-0.05, 0) is 44.0 Å². The molecule has 9 heteroatoms. The second-order valence-electron chi connectivity index (χ2n) is 6.55. The van der Waals surface area contributed by atoms with Crippen molar-refractivity contribution in [2.45, 2.75) is 39.1 Å². The third-order valence-corrected chi connectivity index (χ3v) is 3.66. The lowest BCUT2D eigenvalue weighted by Gasteiger charge is -2.20. The number of aliphatic hydroxyl groups is 5. The van der Waals surface area contributed by atoms with E-state index in [1.165, 1.54) is 14.0 Å². The van der Waals surface area contributed by atoms with Gasteiger partial charge in [-0.2, -0.15) is 0 Å². The van der Waals surface area contributed by atoms with Crippen LogP contribution in [-0.4, -0.2) is 57.8 Å². The number of aryl methyl sites for hydroxylation is 2. The molecule has 2 aromatic carbocycles. The second-order valence-corrected chi connectivity index (χ2v) is 6.55. The summed E-state index contributed by atoms with van der Waals surface area (Å²) in [6.07, 6.45) is -2.02. The monoisotopic (exact) mass is 454 g/mol. The van der Waals surface area contributed by atoms with Crippen LogP contribution in [0.25, 0.3) is 0 Å². The predicted octanol–water partition coefficient (Wildman–Crippen LogP) is 1.09. The van der Waals surface area contributed by atoms with Crippen LogP contribution in [-0.2, 0) is 0 Å². The first-order chi connectivity index (χ1) is 14.9. The van der Waals surface area contributed by atoms with E-state index >= 15 is 0 Å². The molecule has 0 amide bonds. The van der Waals surface area contributed by atoms with Gasteiger partial charge in [0.15, 0.2) is 17.8 Å². The lowest BCUT2D eigenvalue weighted by molar-refractivity contribution is -0.172. The predicted molar refractivity (Wildman–Crippen MR) is 125 cm³/mol. The molecule has 182 valence electrons. The maximum absolute atomic E-state index is 9.21. The van der Waals surface area contributed by atoms with E-state index in [0.29, 0.717) is 17.1 Å². The summed E-state index contributed by atoms with van der Waals surface area (Å²) in [7, 11) is 1.51. The van der Waals surface area contributed by atoms with Gasteiger partial charge < -0.3 is 46.5 Å². The third kappa shape index (κ3) is 13.7. The van der Waals surface area contributed by atoms with Crippen LogP contribution in [0.2, 0.25) is 0 Å². The molecule has 9 nitrogen and oxygen atoms in total. The van der Waals surface area contributed by atoms with Gasteiger partial charge in [-0.1, -0.05) is 30.3 Å². The summed E-state index contributed by atoms with van der Waals surface area (Å²) in [5.74, 6) is -1.04. The lowest BCUT2D eigenvalue weighted by atomic mass is 10.0. The Morgan fingerprint density at radius 1 is 0.938 bits per heavy atom. The fourth-order valence-electron chi connectivity index (χ4n) is 2.22. The number of para-hydroxylation sites is 2. The van der Waals surface area contributed by atoms with Gasteiger partial charge >= 0.3 is 0 Å². The Kier molecular flexibility index (Phi) is 16.9. The molecule has 0 radical (unpaired) electrons. The molecular weight excluding hydrogens is 416 g/mol. The van der Waals surface area contributed by atoms with Gasteiger partial charge in [-0.15, -0.1) is 13.2 Å². The van der Waals surface area contributed by atoms with Gasteiger partial charge in [-0.3, -0.25) is 0 Å². The highest BCUT2D eigenvalue weighted by atomic mass is 16.6. The molecule has 0 aliphatic carbocycles. The molecule has 1 unspecified atom stereocenters. The Morgan fingerprint density at radius 3 is 1.72 bits per heavy atom. The summed E-state index contributed by atoms with van der Waals surface area (Å²) in [5.41, 5.74) is 12.2. The number of hydrogen-bond donors (Lipinski definition) is 7. The Labute approximate surface area is 190 Å². The minimum atomic E-state index is -2.01. The van der Waals surface area contributed by atoms with E-state index in [1.54, 1.807) is 24.3 Å². The molecule has 0 fully saturated rings. The van der Waals surface area contributed by atoms with E-state index in [1.807, 2.05) is 32.0 Å². The SMILES string of the molecule is C=C.CC(N)O.COc1ccccc1OCC(O)(O)CN.Cc1cccc(C)c1C(O)O. The van der Waals surface area contributed by atoms with Crippen molar-refractivity contribution in [3.05, 3.63) is 72.3 Å². The van der Waals surface area contributed by atoms with Gasteiger partial charge in [-0.25, -0.2) is 0 Å². The molecule has 2 aromatic rings. The van der Waals surface area contributed by atoms with Crippen LogP contribution < -0.4 is 20.9 Å². The van der Waals surface area contributed by atoms with Crippen LogP contribution in [0.15, 0.2) is 55.6 Å². The second kappa shape index (κ2) is 17.1. The first-order valence-corrected chi connectivity index (χ1v) is 9.71. The van der Waals surface area contributed by atoms with Crippen molar-refractivity contribution in [3.8, 4) is 11.5 Å². The van der Waals surface area contributed by atoms with Gasteiger partial charge in [0.2, 0.25) is 5.79 Å². The third-order valence-electron chi connectivity index (χ3n) is 3.66. The summed E-state index contributed by atoms with van der Waals surface area (Å²) in [6.45, 7) is 10.6. The Morgan fingerprint density at radius 2 is 1.38 bits per heavy atom. The van der Waals surface area contributed by atoms with Gasteiger partial charge in [0.05, 0.1) is 19.9 Å². The molecular formula is C23H38N2O7. The average molecular weight is 455 g/mol. The summed E-state index contributed by atoms with van der Waals surface area (Å²) in [4.78, 5) is 0. The largest absolute Gasteiger partial charge is 0.493 e. The van der Waals surface area contributed by atoms with Gasteiger partial charge in [0.1, 0.15) is 6.61 Å². The topological polar surface area (TPSA) is 172 Å². The molecule has 0 aliphatic rings. The average Bonchev–Trinajstić information content (AvgIpc) is 2.74. The molecule has 9 N–H and O–H groups in total. The molecule has 32 heavy (non-hydrogen) atoms. The standard InChI is InChI=1S/C10H15NO4.C9H12O2.C2H7NO.C2H4/c1-14-8-4-2-3-5-9(8)15-7-10(12,13)6-11;1-6-4-3-5-7(2)8(6)9(10)11;1-2(3)4;1-2/h2-5,12-13H,6-7,11H2,1H3;3-5,9-11H,1-2H3;2,4H,3H2,1H3;1-2H2. The summed E-state index contributed by atoms with van der Waals surface area (Å²) in [5, 5.41) is 44.1. The van der Waals surface area contributed by atoms with Crippen LogP contribution in [0.4, 0.5) is 0 Å². The normalized spacial score (nSPS) is 11.0. The van der Waals surface area contributed by atoms with Crippen molar-refractivity contribution in [1.29, 1.82) is 0 Å². The van der Waals surface area contributed by atoms with E-state index in [9.17, 15) is 10.2 Å². The summed E-state index contributed by atoms with van der Waals surface area (Å²) < 4.78 is 10.2. The van der Waals surface area contributed by atoms with E-state index in [4.69, 9.17) is 30.5 Å². The number of methoxy groups -OCH3 is 1. The molecule has 0 aliphatic heterocycles. The zero-order valence-electron chi connectivity index (χ0n) is 19.2. The molecule has 2 rings (SSSR count). The zero-order chi connectivity index (χ0) is 25.3. The first kappa shape index (κ1) is 31.7. The van der Waals surface area contributed by atoms with Crippen molar-refractivity contribution >= 4 is 0 Å². The minimum absolute atomic E-state index is 0.290. The van der Waals surface area contributed by atoms with Crippen molar-refractivity contribution in [3.63, 3.8) is 0 Å². The molecule has 0 saturated heterocycles. The number of benzene rings is 2. The molecule has 1 atom stereocenters. The minimum Gasteiger partial charge on any atom is -0.493 e. The fraction of sp³-hybridized carbons (Fsp3) is 0.391. The van der Waals surface area contributed by atoms with E-state index in [0.717, 1.165) is 11.1 Å². The van der Waals surface area contributed by atoms with Crippen LogP contribution in [0, 0.1) is 13.8 Å². The molecule has 0 bridgehead atoms. The van der Waals surface area contributed by atoms with Gasteiger partial charge in [0, 0.05) is 5.56 Å². The van der Waals surface area contributed by atoms with Crippen molar-refractivity contribution in [1.82, 2.24) is 0 Å². The van der Waals surface area contributed by atoms with Crippen LogP contribution in [0.5, 0.6) is 11.5 Å². The van der Waals surface area contributed by atoms with E-state index < -0.39 is 18.3 Å². The van der Waals surface area contributed by atoms with E-state index in [2.05, 4.69) is 18.9 Å². The molecule has 0 aromatic heterocycles. The highest BCUT2D eigenvalue weighted by molar-refractivity contribution is 5.39. The van der Waals surface area contributed by atoms with Crippen molar-refractivity contribution in [2.24, 2.45) is 11.5 Å². The maximum Gasteiger partial charge on any atom is 0.210 e. The van der Waals surface area contributed by atoms with Crippen molar-refractivity contribution in [2.75, 3.05) is 20.3 Å². The highest BCUT2D eigenvalue weighted by Crippen LogP contribution is 2.26. The van der Waals surface area contributed by atoms with Gasteiger partial charge in [0.25, 0.3) is 0 Å². The number of rotatable bonds is 6. The highest BCUT2D eigenvalue weighted by Gasteiger charge is 2.22. The molecule has 0 heterocycles. The Balaban J connectivity index is 0.